The summed E-state index contributed by atoms with van der Waals surface area (Å²) in [5, 5.41) is 23.2. The van der Waals surface area contributed by atoms with E-state index in [0.717, 1.165) is 30.2 Å². The van der Waals surface area contributed by atoms with Crippen LogP contribution < -0.4 is 0 Å². The molecule has 1 aromatic carbocycles. The van der Waals surface area contributed by atoms with Crippen molar-refractivity contribution in [2.75, 3.05) is 0 Å². The number of aliphatic hydroxyl groups is 2. The topological polar surface area (TPSA) is 109 Å². The van der Waals surface area contributed by atoms with Crippen molar-refractivity contribution in [2.45, 2.75) is 96.2 Å². The Morgan fingerprint density at radius 1 is 1.13 bits per heavy atom. The first kappa shape index (κ1) is 28.4. The van der Waals surface area contributed by atoms with Gasteiger partial charge in [0.1, 0.15) is 11.9 Å². The Morgan fingerprint density at radius 3 is 2.61 bits per heavy atom. The Bertz CT molecular complexity index is 1180. The highest BCUT2D eigenvalue weighted by molar-refractivity contribution is 5.88. The smallest absolute Gasteiger partial charge is 0.309 e. The van der Waals surface area contributed by atoms with Crippen LogP contribution in [-0.2, 0) is 19.1 Å². The van der Waals surface area contributed by atoms with E-state index in [-0.39, 0.29) is 29.8 Å². The summed E-state index contributed by atoms with van der Waals surface area (Å²) in [6.07, 6.45) is 1.48. The molecule has 206 valence electrons. The molecular formula is C31H41NO6. The van der Waals surface area contributed by atoms with Crippen molar-refractivity contribution in [1.29, 1.82) is 0 Å². The van der Waals surface area contributed by atoms with Gasteiger partial charge in [-0.05, 0) is 44.2 Å². The lowest BCUT2D eigenvalue weighted by molar-refractivity contribution is -0.156. The zero-order valence-electron chi connectivity index (χ0n) is 22.9. The summed E-state index contributed by atoms with van der Waals surface area (Å²) in [5.41, 5.74) is -0.177. The Hall–Kier alpha value is -2.61. The maximum absolute atomic E-state index is 13.6. The average molecular weight is 524 g/mol. The second kappa shape index (κ2) is 11.2. The van der Waals surface area contributed by atoms with E-state index < -0.39 is 35.6 Å². The molecule has 2 aliphatic heterocycles. The Kier molecular flexibility index (Phi) is 8.40. The monoisotopic (exact) mass is 523 g/mol. The molecule has 0 saturated carbocycles. The molecule has 0 unspecified atom stereocenters. The fourth-order valence-corrected chi connectivity index (χ4v) is 5.68. The zero-order chi connectivity index (χ0) is 27.7. The molecule has 1 aromatic heterocycles. The number of carbonyl (C=O) groups excluding carboxylic acids is 2. The van der Waals surface area contributed by atoms with Gasteiger partial charge < -0.3 is 19.7 Å². The first-order chi connectivity index (χ1) is 18.0. The molecule has 2 N–H and O–H groups in total. The van der Waals surface area contributed by atoms with Crippen LogP contribution in [-0.4, -0.2) is 50.9 Å². The molecule has 0 radical (unpaired) electrons. The number of pyridine rings is 1. The number of nitrogens with zero attached hydrogens (tertiary/aromatic N) is 1. The van der Waals surface area contributed by atoms with Crippen molar-refractivity contribution in [3.05, 3.63) is 54.7 Å². The molecule has 7 atom stereocenters. The summed E-state index contributed by atoms with van der Waals surface area (Å²) in [5.74, 6) is -1.73. The molecule has 2 aliphatic rings. The lowest BCUT2D eigenvalue weighted by atomic mass is 9.71. The van der Waals surface area contributed by atoms with Gasteiger partial charge in [0.15, 0.2) is 0 Å². The van der Waals surface area contributed by atoms with E-state index >= 15 is 0 Å². The zero-order valence-corrected chi connectivity index (χ0v) is 22.9. The molecule has 2 aromatic rings. The number of carbonyl (C=O) groups is 2. The summed E-state index contributed by atoms with van der Waals surface area (Å²) in [6, 6.07) is 11.6. The predicted molar refractivity (Wildman–Crippen MR) is 145 cm³/mol. The number of fused-ring (bicyclic) bond motifs is 2. The van der Waals surface area contributed by atoms with Crippen LogP contribution in [0.4, 0.5) is 0 Å². The first-order valence-electron chi connectivity index (χ1n) is 13.7. The number of aliphatic hydroxyl groups excluding tert-OH is 2. The molecule has 4 rings (SSSR count). The molecule has 2 fully saturated rings. The molecule has 38 heavy (non-hydrogen) atoms. The third-order valence-corrected chi connectivity index (χ3v) is 8.60. The van der Waals surface area contributed by atoms with Gasteiger partial charge in [-0.25, -0.2) is 4.98 Å². The van der Waals surface area contributed by atoms with Crippen LogP contribution in [0.5, 0.6) is 0 Å². The number of hydrogen-bond donors (Lipinski definition) is 2. The highest BCUT2D eigenvalue weighted by Crippen LogP contribution is 2.46. The Balaban J connectivity index is 1.63. The minimum absolute atomic E-state index is 0.0989. The van der Waals surface area contributed by atoms with Gasteiger partial charge in [-0.1, -0.05) is 57.5 Å². The van der Waals surface area contributed by atoms with Gasteiger partial charge in [0.2, 0.25) is 0 Å². The largest absolute Gasteiger partial charge is 0.456 e. The van der Waals surface area contributed by atoms with Gasteiger partial charge in [0.25, 0.3) is 0 Å². The fraction of sp³-hybridized carbons (Fsp3) is 0.581. The summed E-state index contributed by atoms with van der Waals surface area (Å²) in [6.45, 7) is 11.0. The maximum Gasteiger partial charge on any atom is 0.309 e. The highest BCUT2D eigenvalue weighted by Gasteiger charge is 2.53. The molecule has 0 spiro atoms. The molecule has 0 bridgehead atoms. The number of cyclic esters (lactones) is 1. The number of rotatable bonds is 3. The van der Waals surface area contributed by atoms with Crippen LogP contribution in [0.15, 0.2) is 49.1 Å². The van der Waals surface area contributed by atoms with E-state index in [4.69, 9.17) is 14.5 Å². The number of ether oxygens (including phenoxy) is 2. The Labute approximate surface area is 225 Å². The number of epoxide rings is 1. The number of Topliss-reactive ketones (excluding diaryl/α,β-unsaturated/α-hetero) is 1. The van der Waals surface area contributed by atoms with Gasteiger partial charge in [0.05, 0.1) is 47.0 Å². The predicted octanol–water partition coefficient (Wildman–Crippen LogP) is 5.09. The van der Waals surface area contributed by atoms with E-state index in [2.05, 4.69) is 13.5 Å². The lowest BCUT2D eigenvalue weighted by Crippen LogP contribution is -2.46. The Morgan fingerprint density at radius 2 is 1.87 bits per heavy atom. The molecule has 3 heterocycles. The second-order valence-corrected chi connectivity index (χ2v) is 11.9. The van der Waals surface area contributed by atoms with E-state index in [9.17, 15) is 19.8 Å². The highest BCUT2D eigenvalue weighted by atomic mass is 16.6. The average Bonchev–Trinajstić information content (AvgIpc) is 3.53. The third-order valence-electron chi connectivity index (χ3n) is 8.60. The second-order valence-electron chi connectivity index (χ2n) is 11.9. The van der Waals surface area contributed by atoms with Crippen molar-refractivity contribution in [3.8, 4) is 0 Å². The minimum Gasteiger partial charge on any atom is -0.456 e. The number of hydrogen-bond acceptors (Lipinski definition) is 7. The van der Waals surface area contributed by atoms with Gasteiger partial charge >= 0.3 is 5.97 Å². The van der Waals surface area contributed by atoms with Crippen molar-refractivity contribution >= 4 is 22.7 Å². The van der Waals surface area contributed by atoms with Crippen LogP contribution >= 0.6 is 0 Å². The lowest BCUT2D eigenvalue weighted by Gasteiger charge is -2.35. The van der Waals surface area contributed by atoms with Crippen LogP contribution in [0, 0.1) is 17.3 Å². The molecule has 0 amide bonds. The van der Waals surface area contributed by atoms with Crippen LogP contribution in [0.25, 0.3) is 10.9 Å². The quantitative estimate of drug-likeness (QED) is 0.328. The molecular weight excluding hydrogens is 482 g/mol. The van der Waals surface area contributed by atoms with Crippen molar-refractivity contribution in [1.82, 2.24) is 4.98 Å². The van der Waals surface area contributed by atoms with E-state index in [1.165, 1.54) is 0 Å². The number of benzene rings is 1. The summed E-state index contributed by atoms with van der Waals surface area (Å²) >= 11 is 0. The molecule has 7 nitrogen and oxygen atoms in total. The van der Waals surface area contributed by atoms with E-state index in [1.807, 2.05) is 43.3 Å². The van der Waals surface area contributed by atoms with Crippen molar-refractivity contribution < 1.29 is 29.3 Å². The van der Waals surface area contributed by atoms with Crippen LogP contribution in [0.2, 0.25) is 0 Å². The van der Waals surface area contributed by atoms with Crippen molar-refractivity contribution in [2.24, 2.45) is 17.3 Å². The molecule has 2 saturated heterocycles. The normalized spacial score (nSPS) is 34.8. The van der Waals surface area contributed by atoms with E-state index in [0.29, 0.717) is 18.5 Å². The number of para-hydroxylation sites is 1. The summed E-state index contributed by atoms with van der Waals surface area (Å²) < 4.78 is 12.0. The van der Waals surface area contributed by atoms with Gasteiger partial charge in [-0.2, -0.15) is 0 Å². The van der Waals surface area contributed by atoms with Crippen LogP contribution in [0.3, 0.4) is 0 Å². The minimum atomic E-state index is -1.28. The summed E-state index contributed by atoms with van der Waals surface area (Å²) in [4.78, 5) is 31.5. The number of allylic oxidation sites excluding steroid dienone is 1. The summed E-state index contributed by atoms with van der Waals surface area (Å²) in [7, 11) is 0. The number of esters is 1. The standard InChI is InChI=1S/C31H41NO6/c1-6-10-21-28(35)19(2)11-9-16-31(5)26(38-31)17-24(23-15-14-20-12-7-8-13-22(20)32-23)37-27(34)18-25(33)30(3,4)29(21)36/h6-8,12-15,19,21,24-26,28,33,35H,1,9-11,16-18H2,2-5H3/t19-,21-,24+,25+,26+,28-,31+/m1/s1. The molecule has 7 heteroatoms. The number of ketones is 1. The molecule has 0 aliphatic carbocycles. The fourth-order valence-electron chi connectivity index (χ4n) is 5.68. The van der Waals surface area contributed by atoms with E-state index in [1.54, 1.807) is 19.9 Å². The van der Waals surface area contributed by atoms with Gasteiger partial charge in [-0.3, -0.25) is 9.59 Å². The number of aromatic nitrogens is 1. The SMILES string of the molecule is C=CC[C@H]1C(=O)C(C)(C)[C@@H](O)CC(=O)O[C@H](c2ccc3ccccc3n2)C[C@@H]2O[C@@]2(C)CCC[C@@H](C)[C@H]1O. The van der Waals surface area contributed by atoms with Crippen molar-refractivity contribution in [3.63, 3.8) is 0 Å². The first-order valence-corrected chi connectivity index (χ1v) is 13.7. The maximum atomic E-state index is 13.6. The third kappa shape index (κ3) is 6.00. The van der Waals surface area contributed by atoms with Gasteiger partial charge in [0, 0.05) is 17.7 Å². The van der Waals surface area contributed by atoms with Crippen LogP contribution in [0.1, 0.15) is 78.0 Å². The van der Waals surface area contributed by atoms with Gasteiger partial charge in [-0.15, -0.1) is 6.58 Å².